The van der Waals surface area contributed by atoms with Crippen LogP contribution in [0.15, 0.2) is 39.8 Å². The third-order valence-corrected chi connectivity index (χ3v) is 6.15. The number of ether oxygens (including phenoxy) is 1. The summed E-state index contributed by atoms with van der Waals surface area (Å²) in [6.45, 7) is 4.77. The molecule has 1 N–H and O–H groups in total. The number of aliphatic imine (C=N–C) groups is 1. The summed E-state index contributed by atoms with van der Waals surface area (Å²) in [5.74, 6) is -0.985. The number of aromatic carboxylic acids is 1. The van der Waals surface area contributed by atoms with Crippen LogP contribution in [-0.2, 0) is 4.74 Å². The van der Waals surface area contributed by atoms with Gasteiger partial charge in [-0.2, -0.15) is 0 Å². The maximum atomic E-state index is 11.8. The molecule has 3 aromatic rings. The van der Waals surface area contributed by atoms with E-state index in [1.807, 2.05) is 42.2 Å². The van der Waals surface area contributed by atoms with Crippen molar-refractivity contribution in [1.29, 1.82) is 0 Å². The summed E-state index contributed by atoms with van der Waals surface area (Å²) in [7, 11) is 0. The molecule has 0 radical (unpaired) electrons. The lowest BCUT2D eigenvalue weighted by atomic mass is 10.1. The highest BCUT2D eigenvalue weighted by Gasteiger charge is 2.21. The molecule has 8 heteroatoms. The van der Waals surface area contributed by atoms with Crippen molar-refractivity contribution in [2.45, 2.75) is 6.92 Å². The lowest BCUT2D eigenvalue weighted by Crippen LogP contribution is -2.35. The van der Waals surface area contributed by atoms with Crippen LogP contribution in [0.4, 0.5) is 5.69 Å². The number of hydrogen-bond donors (Lipinski definition) is 1. The Hall–Kier alpha value is -2.29. The predicted octanol–water partition coefficient (Wildman–Crippen LogP) is 4.72. The molecular formula is C20H18BrN3O3S. The van der Waals surface area contributed by atoms with E-state index in [4.69, 9.17) is 9.72 Å². The molecule has 1 aliphatic heterocycles. The Labute approximate surface area is 174 Å². The molecule has 4 rings (SSSR count). The Bertz CT molecular complexity index is 1060. The van der Waals surface area contributed by atoms with Crippen LogP contribution in [-0.4, -0.2) is 53.6 Å². The first-order chi connectivity index (χ1) is 13.5. The number of hydrogen-bond acceptors (Lipinski definition) is 5. The van der Waals surface area contributed by atoms with E-state index >= 15 is 0 Å². The van der Waals surface area contributed by atoms with Crippen LogP contribution in [0.5, 0.6) is 0 Å². The number of aromatic nitrogens is 1. The highest BCUT2D eigenvalue weighted by molar-refractivity contribution is 9.10. The molecule has 28 heavy (non-hydrogen) atoms. The van der Waals surface area contributed by atoms with E-state index in [0.29, 0.717) is 23.7 Å². The number of rotatable bonds is 4. The number of morpholine rings is 1. The van der Waals surface area contributed by atoms with Crippen molar-refractivity contribution in [3.8, 4) is 11.3 Å². The van der Waals surface area contributed by atoms with Gasteiger partial charge in [0.05, 0.1) is 30.9 Å². The molecule has 0 aliphatic carbocycles. The van der Waals surface area contributed by atoms with Crippen LogP contribution in [0, 0.1) is 6.92 Å². The van der Waals surface area contributed by atoms with E-state index in [1.54, 1.807) is 6.34 Å². The molecule has 0 spiro atoms. The molecule has 144 valence electrons. The zero-order chi connectivity index (χ0) is 19.7. The Balaban J connectivity index is 1.80. The van der Waals surface area contributed by atoms with Crippen molar-refractivity contribution in [2.24, 2.45) is 4.99 Å². The van der Waals surface area contributed by atoms with Gasteiger partial charge >= 0.3 is 5.97 Å². The molecule has 1 fully saturated rings. The standard InChI is InChI=1S/C20H18BrN3O3S/c1-12-10-15(13-2-4-14(21)5-3-13)23-19-16(12)17(18(28-19)20(25)26)22-11-24-6-8-27-9-7-24/h2-5,10-11H,6-9H2,1H3,(H,25,26). The zero-order valence-electron chi connectivity index (χ0n) is 15.2. The largest absolute Gasteiger partial charge is 0.477 e. The molecule has 6 nitrogen and oxygen atoms in total. The van der Waals surface area contributed by atoms with Crippen LogP contribution >= 0.6 is 27.3 Å². The SMILES string of the molecule is Cc1cc(-c2ccc(Br)cc2)nc2sc(C(=O)O)c(N=CN3CCOCC3)c12. The lowest BCUT2D eigenvalue weighted by Gasteiger charge is -2.24. The van der Waals surface area contributed by atoms with E-state index in [9.17, 15) is 9.90 Å². The molecule has 1 saturated heterocycles. The summed E-state index contributed by atoms with van der Waals surface area (Å²) >= 11 is 4.61. The van der Waals surface area contributed by atoms with Crippen molar-refractivity contribution in [3.63, 3.8) is 0 Å². The van der Waals surface area contributed by atoms with Gasteiger partial charge in [0.25, 0.3) is 0 Å². The van der Waals surface area contributed by atoms with Gasteiger partial charge in [0.1, 0.15) is 9.71 Å². The number of benzene rings is 1. The Morgan fingerprint density at radius 3 is 2.71 bits per heavy atom. The zero-order valence-corrected chi connectivity index (χ0v) is 17.6. The van der Waals surface area contributed by atoms with Gasteiger partial charge < -0.3 is 14.7 Å². The van der Waals surface area contributed by atoms with Gasteiger partial charge in [-0.05, 0) is 30.7 Å². The second-order valence-electron chi connectivity index (χ2n) is 6.49. The molecule has 0 saturated carbocycles. The highest BCUT2D eigenvalue weighted by Crippen LogP contribution is 2.40. The smallest absolute Gasteiger partial charge is 0.348 e. The third-order valence-electron chi connectivity index (χ3n) is 4.56. The first-order valence-electron chi connectivity index (χ1n) is 8.82. The molecule has 0 amide bonds. The first-order valence-corrected chi connectivity index (χ1v) is 10.4. The maximum absolute atomic E-state index is 11.8. The topological polar surface area (TPSA) is 75.0 Å². The minimum atomic E-state index is -0.985. The maximum Gasteiger partial charge on any atom is 0.348 e. The fraction of sp³-hybridized carbons (Fsp3) is 0.250. The van der Waals surface area contributed by atoms with Gasteiger partial charge in [-0.1, -0.05) is 28.1 Å². The molecule has 0 bridgehead atoms. The molecule has 1 aromatic carbocycles. The Kier molecular flexibility index (Phi) is 5.43. The van der Waals surface area contributed by atoms with E-state index in [1.165, 1.54) is 11.3 Å². The van der Waals surface area contributed by atoms with E-state index in [0.717, 1.165) is 39.8 Å². The third kappa shape index (κ3) is 3.80. The quantitative estimate of drug-likeness (QED) is 0.450. The molecule has 0 atom stereocenters. The van der Waals surface area contributed by atoms with Crippen LogP contribution in [0.1, 0.15) is 15.2 Å². The number of carbonyl (C=O) groups is 1. The Morgan fingerprint density at radius 1 is 1.32 bits per heavy atom. The molecular weight excluding hydrogens is 442 g/mol. The summed E-state index contributed by atoms with van der Waals surface area (Å²) in [5, 5.41) is 10.5. The monoisotopic (exact) mass is 459 g/mol. The van der Waals surface area contributed by atoms with Gasteiger partial charge in [0.15, 0.2) is 0 Å². The van der Waals surface area contributed by atoms with E-state index < -0.39 is 5.97 Å². The minimum absolute atomic E-state index is 0.211. The molecule has 0 unspecified atom stereocenters. The number of thiophene rings is 1. The van der Waals surface area contributed by atoms with E-state index in [2.05, 4.69) is 20.9 Å². The van der Waals surface area contributed by atoms with Gasteiger partial charge in [-0.15, -0.1) is 11.3 Å². The average molecular weight is 460 g/mol. The Morgan fingerprint density at radius 2 is 2.04 bits per heavy atom. The summed E-state index contributed by atoms with van der Waals surface area (Å²) in [4.78, 5) is 24.0. The van der Waals surface area contributed by atoms with Crippen LogP contribution in [0.2, 0.25) is 0 Å². The number of aryl methyl sites for hydroxylation is 1. The van der Waals surface area contributed by atoms with Gasteiger partial charge in [0.2, 0.25) is 0 Å². The van der Waals surface area contributed by atoms with Gasteiger partial charge in [0, 0.05) is 28.5 Å². The highest BCUT2D eigenvalue weighted by atomic mass is 79.9. The van der Waals surface area contributed by atoms with Crippen molar-refractivity contribution < 1.29 is 14.6 Å². The molecule has 2 aromatic heterocycles. The molecule has 3 heterocycles. The predicted molar refractivity (Wildman–Crippen MR) is 115 cm³/mol. The summed E-state index contributed by atoms with van der Waals surface area (Å²) in [5.41, 5.74) is 3.24. The molecule has 1 aliphatic rings. The van der Waals surface area contributed by atoms with Crippen LogP contribution < -0.4 is 0 Å². The lowest BCUT2D eigenvalue weighted by molar-refractivity contribution is 0.0696. The van der Waals surface area contributed by atoms with Crippen molar-refractivity contribution in [3.05, 3.63) is 45.2 Å². The van der Waals surface area contributed by atoms with Gasteiger partial charge in [-0.25, -0.2) is 14.8 Å². The van der Waals surface area contributed by atoms with E-state index in [-0.39, 0.29) is 4.88 Å². The first kappa shape index (κ1) is 19.0. The fourth-order valence-electron chi connectivity index (χ4n) is 3.13. The average Bonchev–Trinajstić information content (AvgIpc) is 3.07. The second-order valence-corrected chi connectivity index (χ2v) is 8.40. The summed E-state index contributed by atoms with van der Waals surface area (Å²) in [6, 6.07) is 9.89. The normalized spacial score (nSPS) is 14.9. The van der Waals surface area contributed by atoms with Crippen LogP contribution in [0.25, 0.3) is 21.5 Å². The van der Waals surface area contributed by atoms with Crippen molar-refractivity contribution >= 4 is 55.5 Å². The fourth-order valence-corrected chi connectivity index (χ4v) is 4.43. The number of carboxylic acids is 1. The van der Waals surface area contributed by atoms with Crippen LogP contribution in [0.3, 0.4) is 0 Å². The number of fused-ring (bicyclic) bond motifs is 1. The summed E-state index contributed by atoms with van der Waals surface area (Å²) < 4.78 is 6.34. The number of nitrogens with zero attached hydrogens (tertiary/aromatic N) is 3. The van der Waals surface area contributed by atoms with Crippen molar-refractivity contribution in [1.82, 2.24) is 9.88 Å². The van der Waals surface area contributed by atoms with Gasteiger partial charge in [-0.3, -0.25) is 0 Å². The minimum Gasteiger partial charge on any atom is -0.477 e. The number of halogens is 1. The number of pyridine rings is 1. The number of carboxylic acid groups (broad SMARTS) is 1. The summed E-state index contributed by atoms with van der Waals surface area (Å²) in [6.07, 6.45) is 1.72. The van der Waals surface area contributed by atoms with Crippen molar-refractivity contribution in [2.75, 3.05) is 26.3 Å². The second kappa shape index (κ2) is 7.98.